The fourth-order valence-electron chi connectivity index (χ4n) is 3.29. The Bertz CT molecular complexity index is 1160. The Balaban J connectivity index is 0.00000225. The Morgan fingerprint density at radius 1 is 1.07 bits per heavy atom. The SMILES string of the molecule is COc1ccc2occ(C(=O)c3coc4ccc(O)c(CN(C)C)c34)c2c1.[Cl-]. The Morgan fingerprint density at radius 3 is 2.46 bits per heavy atom. The van der Waals surface area contributed by atoms with E-state index in [-0.39, 0.29) is 23.9 Å². The van der Waals surface area contributed by atoms with Crippen LogP contribution in [0.1, 0.15) is 21.5 Å². The lowest BCUT2D eigenvalue weighted by Crippen LogP contribution is -3.00. The second-order valence-electron chi connectivity index (χ2n) is 6.66. The van der Waals surface area contributed by atoms with Crippen molar-refractivity contribution in [3.05, 3.63) is 59.5 Å². The highest BCUT2D eigenvalue weighted by Gasteiger charge is 2.23. The van der Waals surface area contributed by atoms with Gasteiger partial charge in [0.05, 0.1) is 18.2 Å². The van der Waals surface area contributed by atoms with Crippen LogP contribution in [0.2, 0.25) is 0 Å². The van der Waals surface area contributed by atoms with Gasteiger partial charge in [0.25, 0.3) is 0 Å². The molecule has 0 saturated carbocycles. The number of carbonyl (C=O) groups is 1. The molecular formula is C21H19ClNO5-. The van der Waals surface area contributed by atoms with Crippen molar-refractivity contribution in [2.24, 2.45) is 0 Å². The molecule has 2 heterocycles. The average Bonchev–Trinajstić information content (AvgIpc) is 3.27. The lowest BCUT2D eigenvalue weighted by molar-refractivity contribution is -0.0000151. The first-order valence-electron chi connectivity index (χ1n) is 8.46. The molecule has 0 unspecified atom stereocenters. The minimum Gasteiger partial charge on any atom is -1.00 e. The summed E-state index contributed by atoms with van der Waals surface area (Å²) in [7, 11) is 5.37. The third-order valence-corrected chi connectivity index (χ3v) is 4.57. The summed E-state index contributed by atoms with van der Waals surface area (Å²) in [6, 6.07) is 8.56. The second-order valence-corrected chi connectivity index (χ2v) is 6.66. The number of nitrogens with zero attached hydrogens (tertiary/aromatic N) is 1. The van der Waals surface area contributed by atoms with E-state index in [1.165, 1.54) is 12.5 Å². The van der Waals surface area contributed by atoms with Gasteiger partial charge < -0.3 is 36.0 Å². The number of hydrogen-bond donors (Lipinski definition) is 1. The van der Waals surface area contributed by atoms with Crippen LogP contribution in [0.15, 0.2) is 51.7 Å². The number of methoxy groups -OCH3 is 1. The number of ketones is 1. The topological polar surface area (TPSA) is 76.0 Å². The molecule has 0 aliphatic carbocycles. The highest BCUT2D eigenvalue weighted by atomic mass is 35.5. The van der Waals surface area contributed by atoms with Crippen LogP contribution in [-0.4, -0.2) is 37.0 Å². The Labute approximate surface area is 167 Å². The number of benzene rings is 2. The zero-order chi connectivity index (χ0) is 19.1. The summed E-state index contributed by atoms with van der Waals surface area (Å²) in [5.41, 5.74) is 2.62. The zero-order valence-corrected chi connectivity index (χ0v) is 16.4. The Hall–Kier alpha value is -2.96. The second kappa shape index (κ2) is 7.58. The lowest BCUT2D eigenvalue weighted by atomic mass is 9.98. The molecule has 4 rings (SSSR count). The van der Waals surface area contributed by atoms with E-state index in [4.69, 9.17) is 13.6 Å². The number of halogens is 1. The number of aromatic hydroxyl groups is 1. The standard InChI is InChI=1S/C21H19NO5.ClH/c1-22(2)9-14-17(23)5-7-19-20(14)16(11-27-19)21(24)15-10-26-18-6-4-12(25-3)8-13(15)18;/h4-8,10-11,23H,9H2,1-3H3;1H/p-1. The highest BCUT2D eigenvalue weighted by molar-refractivity contribution is 6.21. The molecule has 7 heteroatoms. The van der Waals surface area contributed by atoms with Gasteiger partial charge >= 0.3 is 0 Å². The molecule has 0 fully saturated rings. The molecule has 0 bridgehead atoms. The fraction of sp³-hybridized carbons (Fsp3) is 0.190. The van der Waals surface area contributed by atoms with Crippen LogP contribution in [0.5, 0.6) is 11.5 Å². The number of rotatable bonds is 5. The fourth-order valence-corrected chi connectivity index (χ4v) is 3.29. The summed E-state index contributed by atoms with van der Waals surface area (Å²) in [4.78, 5) is 15.2. The van der Waals surface area contributed by atoms with Crippen LogP contribution < -0.4 is 17.1 Å². The number of hydrogen-bond acceptors (Lipinski definition) is 6. The first-order valence-corrected chi connectivity index (χ1v) is 8.46. The van der Waals surface area contributed by atoms with Crippen molar-refractivity contribution < 1.29 is 35.9 Å². The van der Waals surface area contributed by atoms with E-state index in [0.717, 1.165) is 0 Å². The molecule has 146 valence electrons. The molecule has 28 heavy (non-hydrogen) atoms. The molecule has 1 N–H and O–H groups in total. The highest BCUT2D eigenvalue weighted by Crippen LogP contribution is 2.35. The van der Waals surface area contributed by atoms with Crippen molar-refractivity contribution in [1.82, 2.24) is 4.90 Å². The van der Waals surface area contributed by atoms with Crippen molar-refractivity contribution in [2.45, 2.75) is 6.54 Å². The maximum absolute atomic E-state index is 13.3. The summed E-state index contributed by atoms with van der Waals surface area (Å²) in [6.45, 7) is 0.475. The van der Waals surface area contributed by atoms with E-state index in [0.29, 0.717) is 50.9 Å². The summed E-state index contributed by atoms with van der Waals surface area (Å²) in [6.07, 6.45) is 2.88. The van der Waals surface area contributed by atoms with Gasteiger partial charge in [0, 0.05) is 22.9 Å². The molecule has 0 aliphatic rings. The average molecular weight is 401 g/mol. The van der Waals surface area contributed by atoms with E-state index >= 15 is 0 Å². The maximum Gasteiger partial charge on any atom is 0.200 e. The van der Waals surface area contributed by atoms with Crippen LogP contribution in [0.25, 0.3) is 21.9 Å². The molecule has 0 radical (unpaired) electrons. The zero-order valence-electron chi connectivity index (χ0n) is 15.7. The van der Waals surface area contributed by atoms with E-state index in [1.807, 2.05) is 19.0 Å². The third-order valence-electron chi connectivity index (χ3n) is 4.57. The van der Waals surface area contributed by atoms with Crippen LogP contribution >= 0.6 is 0 Å². The van der Waals surface area contributed by atoms with E-state index in [2.05, 4.69) is 0 Å². The van der Waals surface area contributed by atoms with Crippen LogP contribution in [-0.2, 0) is 6.54 Å². The summed E-state index contributed by atoms with van der Waals surface area (Å²) >= 11 is 0. The molecule has 2 aromatic carbocycles. The normalized spacial score (nSPS) is 11.1. The number of fused-ring (bicyclic) bond motifs is 2. The van der Waals surface area contributed by atoms with Crippen molar-refractivity contribution in [2.75, 3.05) is 21.2 Å². The van der Waals surface area contributed by atoms with Gasteiger partial charge in [-0.2, -0.15) is 0 Å². The Kier molecular flexibility index (Phi) is 5.36. The first kappa shape index (κ1) is 19.8. The van der Waals surface area contributed by atoms with Gasteiger partial charge in [0.15, 0.2) is 0 Å². The van der Waals surface area contributed by atoms with Gasteiger partial charge in [-0.3, -0.25) is 4.79 Å². The first-order chi connectivity index (χ1) is 13.0. The molecular weight excluding hydrogens is 382 g/mol. The van der Waals surface area contributed by atoms with Gasteiger partial charge in [-0.15, -0.1) is 0 Å². The molecule has 0 spiro atoms. The quantitative estimate of drug-likeness (QED) is 0.507. The van der Waals surface area contributed by atoms with Gasteiger partial charge in [-0.25, -0.2) is 0 Å². The van der Waals surface area contributed by atoms with Crippen molar-refractivity contribution in [3.63, 3.8) is 0 Å². The van der Waals surface area contributed by atoms with Gasteiger partial charge in [0.1, 0.15) is 35.2 Å². The molecule has 0 atom stereocenters. The molecule has 0 aliphatic heterocycles. The summed E-state index contributed by atoms with van der Waals surface area (Å²) < 4.78 is 16.4. The largest absolute Gasteiger partial charge is 1.00 e. The predicted molar refractivity (Wildman–Crippen MR) is 101 cm³/mol. The number of ether oxygens (including phenoxy) is 1. The van der Waals surface area contributed by atoms with Gasteiger partial charge in [-0.05, 0) is 44.4 Å². The van der Waals surface area contributed by atoms with Crippen LogP contribution in [0, 0.1) is 0 Å². The number of furan rings is 2. The van der Waals surface area contributed by atoms with Crippen molar-refractivity contribution in [1.29, 1.82) is 0 Å². The molecule has 0 saturated heterocycles. The van der Waals surface area contributed by atoms with Crippen molar-refractivity contribution >= 4 is 27.7 Å². The molecule has 4 aromatic rings. The molecule has 6 nitrogen and oxygen atoms in total. The van der Waals surface area contributed by atoms with E-state index < -0.39 is 0 Å². The lowest BCUT2D eigenvalue weighted by Gasteiger charge is -2.12. The summed E-state index contributed by atoms with van der Waals surface area (Å²) in [5.74, 6) is 0.540. The molecule has 2 aromatic heterocycles. The van der Waals surface area contributed by atoms with Gasteiger partial charge in [0.2, 0.25) is 5.78 Å². The Morgan fingerprint density at radius 2 is 1.75 bits per heavy atom. The van der Waals surface area contributed by atoms with Gasteiger partial charge in [-0.1, -0.05) is 0 Å². The van der Waals surface area contributed by atoms with Crippen molar-refractivity contribution in [3.8, 4) is 11.5 Å². The number of phenols is 1. The van der Waals surface area contributed by atoms with Crippen LogP contribution in [0.4, 0.5) is 0 Å². The predicted octanol–water partition coefficient (Wildman–Crippen LogP) is 1.19. The smallest absolute Gasteiger partial charge is 0.200 e. The monoisotopic (exact) mass is 400 g/mol. The van der Waals surface area contributed by atoms with Crippen LogP contribution in [0.3, 0.4) is 0 Å². The minimum absolute atomic E-state index is 0. The maximum atomic E-state index is 13.3. The molecule has 0 amide bonds. The third kappa shape index (κ3) is 3.21. The minimum atomic E-state index is -0.230. The van der Waals surface area contributed by atoms with E-state index in [9.17, 15) is 9.90 Å². The summed E-state index contributed by atoms with van der Waals surface area (Å²) in [5, 5.41) is 11.6. The number of phenolic OH excluding ortho intramolecular Hbond substituents is 1. The number of carbonyl (C=O) groups excluding carboxylic acids is 1. The van der Waals surface area contributed by atoms with E-state index in [1.54, 1.807) is 37.4 Å².